The zero-order valence-corrected chi connectivity index (χ0v) is 12.6. The van der Waals surface area contributed by atoms with Crippen LogP contribution in [0, 0.1) is 12.3 Å². The van der Waals surface area contributed by atoms with E-state index >= 15 is 0 Å². The van der Waals surface area contributed by atoms with Crippen LogP contribution >= 0.6 is 0 Å². The van der Waals surface area contributed by atoms with Crippen LogP contribution in [0.4, 0.5) is 0 Å². The monoisotopic (exact) mass is 310 g/mol. The molecule has 2 aromatic carbocycles. The molecule has 3 rings (SSSR count). The summed E-state index contributed by atoms with van der Waals surface area (Å²) in [6.45, 7) is 3.34. The van der Waals surface area contributed by atoms with E-state index in [2.05, 4.69) is 5.92 Å². The molecule has 0 aliphatic rings. The second-order valence-corrected chi connectivity index (χ2v) is 5.63. The van der Waals surface area contributed by atoms with E-state index in [9.17, 15) is 15.0 Å². The van der Waals surface area contributed by atoms with Crippen LogP contribution in [0.2, 0.25) is 0 Å². The van der Waals surface area contributed by atoms with Gasteiger partial charge in [0.1, 0.15) is 16.7 Å². The maximum absolute atomic E-state index is 12.5. The van der Waals surface area contributed by atoms with Crippen molar-refractivity contribution in [3.63, 3.8) is 0 Å². The van der Waals surface area contributed by atoms with Gasteiger partial charge in [0.2, 0.25) is 11.2 Å². The summed E-state index contributed by atoms with van der Waals surface area (Å²) in [4.78, 5) is 12.5. The fraction of sp³-hybridized carbons (Fsp3) is 0.167. The number of hydrogen-bond acceptors (Lipinski definition) is 5. The summed E-state index contributed by atoms with van der Waals surface area (Å²) >= 11 is 0. The molecule has 0 saturated carbocycles. The lowest BCUT2D eigenvalue weighted by molar-refractivity contribution is 0.166. The molecule has 23 heavy (non-hydrogen) atoms. The molecule has 0 aliphatic carbocycles. The number of rotatable bonds is 2. The minimum atomic E-state index is -0.930. The molecule has 0 radical (unpaired) electrons. The smallest absolute Gasteiger partial charge is 0.204 e. The molecule has 0 saturated heterocycles. The number of benzene rings is 2. The van der Waals surface area contributed by atoms with Crippen LogP contribution in [0.5, 0.6) is 17.2 Å². The highest BCUT2D eigenvalue weighted by Crippen LogP contribution is 2.37. The lowest BCUT2D eigenvalue weighted by Crippen LogP contribution is -2.25. The van der Waals surface area contributed by atoms with Crippen LogP contribution in [-0.4, -0.2) is 15.8 Å². The van der Waals surface area contributed by atoms with Gasteiger partial charge < -0.3 is 19.4 Å². The zero-order chi connectivity index (χ0) is 16.8. The van der Waals surface area contributed by atoms with Gasteiger partial charge in [0.25, 0.3) is 0 Å². The Kier molecular flexibility index (Phi) is 3.19. The highest BCUT2D eigenvalue weighted by Gasteiger charge is 2.21. The first-order valence-electron chi connectivity index (χ1n) is 6.91. The fourth-order valence-corrected chi connectivity index (χ4v) is 2.30. The van der Waals surface area contributed by atoms with Crippen molar-refractivity contribution in [2.24, 2.45) is 0 Å². The third-order valence-electron chi connectivity index (χ3n) is 3.50. The van der Waals surface area contributed by atoms with Crippen LogP contribution in [0.25, 0.3) is 21.9 Å². The topological polar surface area (TPSA) is 79.9 Å². The van der Waals surface area contributed by atoms with E-state index < -0.39 is 11.0 Å². The van der Waals surface area contributed by atoms with E-state index in [4.69, 9.17) is 15.6 Å². The first kappa shape index (κ1) is 14.8. The van der Waals surface area contributed by atoms with Crippen LogP contribution in [0.1, 0.15) is 13.8 Å². The molecule has 3 aromatic rings. The number of ether oxygens (including phenoxy) is 1. The van der Waals surface area contributed by atoms with Crippen LogP contribution < -0.4 is 10.2 Å². The molecule has 0 spiro atoms. The van der Waals surface area contributed by atoms with Crippen molar-refractivity contribution in [3.8, 4) is 29.6 Å². The second-order valence-electron chi connectivity index (χ2n) is 5.63. The number of hydrogen-bond donors (Lipinski definition) is 2. The first-order valence-corrected chi connectivity index (χ1v) is 6.91. The quantitative estimate of drug-likeness (QED) is 0.561. The van der Waals surface area contributed by atoms with Gasteiger partial charge in [0.05, 0.1) is 5.39 Å². The summed E-state index contributed by atoms with van der Waals surface area (Å²) in [5.74, 6) is 2.08. The number of aromatic hydroxyl groups is 2. The molecule has 5 heteroatoms. The molecular formula is C18H14O5. The molecule has 116 valence electrons. The average molecular weight is 310 g/mol. The Morgan fingerprint density at radius 3 is 2.65 bits per heavy atom. The highest BCUT2D eigenvalue weighted by molar-refractivity contribution is 5.95. The van der Waals surface area contributed by atoms with Crippen LogP contribution in [-0.2, 0) is 0 Å². The van der Waals surface area contributed by atoms with Crippen molar-refractivity contribution in [2.45, 2.75) is 19.4 Å². The fourth-order valence-electron chi connectivity index (χ4n) is 2.30. The maximum Gasteiger partial charge on any atom is 0.204 e. The summed E-state index contributed by atoms with van der Waals surface area (Å²) in [5, 5.41) is 20.4. The van der Waals surface area contributed by atoms with Gasteiger partial charge in [-0.05, 0) is 38.1 Å². The Hall–Kier alpha value is -3.13. The van der Waals surface area contributed by atoms with Gasteiger partial charge in [-0.15, -0.1) is 6.42 Å². The van der Waals surface area contributed by atoms with E-state index in [1.54, 1.807) is 19.9 Å². The van der Waals surface area contributed by atoms with Gasteiger partial charge in [0.15, 0.2) is 16.9 Å². The Bertz CT molecular complexity index is 1020. The number of terminal acetylenes is 1. The summed E-state index contributed by atoms with van der Waals surface area (Å²) in [6, 6.07) is 7.39. The van der Waals surface area contributed by atoms with E-state index in [-0.39, 0.29) is 39.2 Å². The van der Waals surface area contributed by atoms with Crippen molar-refractivity contribution >= 4 is 21.9 Å². The molecule has 5 nitrogen and oxygen atoms in total. The predicted molar refractivity (Wildman–Crippen MR) is 86.9 cm³/mol. The lowest BCUT2D eigenvalue weighted by atomic mass is 10.1. The Balaban J connectivity index is 2.33. The third kappa shape index (κ3) is 2.34. The SMILES string of the molecule is C#CC(C)(C)Oc1ccc2c(=O)c3c(O)cccc3oc2c1O. The third-order valence-corrected chi connectivity index (χ3v) is 3.50. The molecule has 0 unspecified atom stereocenters. The standard InChI is InChI=1S/C18H14O5/c1-4-18(2,3)23-13-9-8-10-15(20)14-11(19)6-5-7-12(14)22-17(10)16(13)21/h1,5-9,19,21H,2-3H3. The van der Waals surface area contributed by atoms with Crippen molar-refractivity contribution in [1.29, 1.82) is 0 Å². The van der Waals surface area contributed by atoms with E-state index in [0.29, 0.717) is 0 Å². The summed E-state index contributed by atoms with van der Waals surface area (Å²) in [7, 11) is 0. The normalized spacial score (nSPS) is 11.5. The number of fused-ring (bicyclic) bond motifs is 2. The maximum atomic E-state index is 12.5. The van der Waals surface area contributed by atoms with Gasteiger partial charge >= 0.3 is 0 Å². The number of phenolic OH excluding ortho intramolecular Hbond substituents is 2. The van der Waals surface area contributed by atoms with Crippen molar-refractivity contribution in [1.82, 2.24) is 0 Å². The second kappa shape index (κ2) is 4.96. The molecule has 0 aliphatic heterocycles. The van der Waals surface area contributed by atoms with E-state index in [1.165, 1.54) is 24.3 Å². The van der Waals surface area contributed by atoms with Gasteiger partial charge in [0, 0.05) is 0 Å². The van der Waals surface area contributed by atoms with Gasteiger partial charge in [-0.1, -0.05) is 12.0 Å². The van der Waals surface area contributed by atoms with Gasteiger partial charge in [-0.2, -0.15) is 0 Å². The molecule has 1 heterocycles. The Morgan fingerprint density at radius 1 is 1.22 bits per heavy atom. The number of phenols is 2. The summed E-state index contributed by atoms with van der Waals surface area (Å²) < 4.78 is 11.2. The molecule has 0 atom stereocenters. The minimum absolute atomic E-state index is 0.0154. The van der Waals surface area contributed by atoms with Gasteiger partial charge in [-0.3, -0.25) is 4.79 Å². The molecule has 2 N–H and O–H groups in total. The lowest BCUT2D eigenvalue weighted by Gasteiger charge is -2.21. The Labute approximate surface area is 131 Å². The highest BCUT2D eigenvalue weighted by atomic mass is 16.5. The van der Waals surface area contributed by atoms with Crippen LogP contribution in [0.3, 0.4) is 0 Å². The molecule has 1 aromatic heterocycles. The van der Waals surface area contributed by atoms with Crippen molar-refractivity contribution in [2.75, 3.05) is 0 Å². The zero-order valence-electron chi connectivity index (χ0n) is 12.6. The largest absolute Gasteiger partial charge is 0.507 e. The molecule has 0 fully saturated rings. The average Bonchev–Trinajstić information content (AvgIpc) is 2.51. The molecule has 0 bridgehead atoms. The predicted octanol–water partition coefficient (Wildman–Crippen LogP) is 3.15. The first-order chi connectivity index (χ1) is 10.8. The molecular weight excluding hydrogens is 296 g/mol. The van der Waals surface area contributed by atoms with Crippen LogP contribution in [0.15, 0.2) is 39.5 Å². The summed E-state index contributed by atoms with van der Waals surface area (Å²) in [5.41, 5.74) is -1.21. The van der Waals surface area contributed by atoms with Crippen molar-refractivity contribution in [3.05, 3.63) is 40.6 Å². The van der Waals surface area contributed by atoms with Crippen molar-refractivity contribution < 1.29 is 19.4 Å². The Morgan fingerprint density at radius 2 is 1.96 bits per heavy atom. The minimum Gasteiger partial charge on any atom is -0.507 e. The van der Waals surface area contributed by atoms with Gasteiger partial charge in [-0.25, -0.2) is 0 Å². The summed E-state index contributed by atoms with van der Waals surface area (Å²) in [6.07, 6.45) is 5.37. The van der Waals surface area contributed by atoms with E-state index in [1.807, 2.05) is 0 Å². The van der Waals surface area contributed by atoms with E-state index in [0.717, 1.165) is 0 Å². The molecule has 0 amide bonds.